The number of carboxylic acid groups (broad SMARTS) is 1. The van der Waals surface area contributed by atoms with Crippen molar-refractivity contribution in [1.82, 2.24) is 16.0 Å². The maximum atomic E-state index is 13.1. The Bertz CT molecular complexity index is 1360. The lowest BCUT2D eigenvalue weighted by Gasteiger charge is -2.22. The number of hydrogen-bond donors (Lipinski definition) is 5. The monoisotopic (exact) mass is 590 g/mol. The molecule has 0 aliphatic rings. The minimum absolute atomic E-state index is 0.0300. The van der Waals surface area contributed by atoms with E-state index in [9.17, 15) is 29.1 Å². The number of carboxylic acids is 1. The second kappa shape index (κ2) is 16.9. The third-order valence-corrected chi connectivity index (χ3v) is 6.20. The summed E-state index contributed by atoms with van der Waals surface area (Å²) in [6.07, 6.45) is -0.767. The average molecular weight is 591 g/mol. The molecule has 0 unspecified atom stereocenters. The second-order valence-electron chi connectivity index (χ2n) is 9.49. The quantitative estimate of drug-likeness (QED) is 0.163. The lowest BCUT2D eigenvalue weighted by molar-refractivity contribution is -0.152. The Morgan fingerprint density at radius 2 is 1.16 bits per heavy atom. The van der Waals surface area contributed by atoms with Crippen LogP contribution in [0.4, 0.5) is 4.79 Å². The number of nitrogens with one attached hydrogen (secondary N) is 3. The summed E-state index contributed by atoms with van der Waals surface area (Å²) in [5, 5.41) is 17.0. The fraction of sp³-hybridized carbons (Fsp3) is 0.258. The van der Waals surface area contributed by atoms with Gasteiger partial charge in [0.25, 0.3) is 0 Å². The van der Waals surface area contributed by atoms with E-state index >= 15 is 0 Å². The molecular formula is C31H34N4O8. The van der Waals surface area contributed by atoms with Gasteiger partial charge in [-0.1, -0.05) is 91.0 Å². The number of alkyl carbamates (subject to hydrolysis) is 1. The van der Waals surface area contributed by atoms with Crippen LogP contribution in [0.1, 0.15) is 16.7 Å². The van der Waals surface area contributed by atoms with Crippen LogP contribution in [0.2, 0.25) is 0 Å². The van der Waals surface area contributed by atoms with Crippen LogP contribution in [-0.4, -0.2) is 66.2 Å². The highest BCUT2D eigenvalue weighted by Gasteiger charge is 2.30. The van der Waals surface area contributed by atoms with E-state index < -0.39 is 54.6 Å². The molecule has 0 radical (unpaired) electrons. The van der Waals surface area contributed by atoms with Crippen LogP contribution in [0.25, 0.3) is 0 Å². The predicted octanol–water partition coefficient (Wildman–Crippen LogP) is 1.32. The van der Waals surface area contributed by atoms with Gasteiger partial charge < -0.3 is 36.3 Å². The topological polar surface area (TPSA) is 186 Å². The second-order valence-corrected chi connectivity index (χ2v) is 9.49. The summed E-state index contributed by atoms with van der Waals surface area (Å²) >= 11 is 0. The van der Waals surface area contributed by atoms with Crippen LogP contribution < -0.4 is 21.7 Å². The predicted molar refractivity (Wildman–Crippen MR) is 155 cm³/mol. The van der Waals surface area contributed by atoms with E-state index in [-0.39, 0.29) is 26.0 Å². The Hall–Kier alpha value is -5.23. The maximum absolute atomic E-state index is 13.1. The van der Waals surface area contributed by atoms with Crippen molar-refractivity contribution in [2.75, 3.05) is 13.2 Å². The Morgan fingerprint density at radius 1 is 0.651 bits per heavy atom. The SMILES string of the molecule is NCC(=O)N[C@@H](Cc1ccccc1)C(=O)N[C@@H](COC(=O)[C@H](Cc1ccccc1)NC(=O)OCc1ccccc1)C(=O)O. The van der Waals surface area contributed by atoms with E-state index in [2.05, 4.69) is 16.0 Å². The zero-order chi connectivity index (χ0) is 31.0. The highest BCUT2D eigenvalue weighted by Crippen LogP contribution is 2.08. The van der Waals surface area contributed by atoms with E-state index in [4.69, 9.17) is 15.2 Å². The van der Waals surface area contributed by atoms with Crippen LogP contribution in [0, 0.1) is 0 Å². The fourth-order valence-corrected chi connectivity index (χ4v) is 3.98. The van der Waals surface area contributed by atoms with Gasteiger partial charge in [0.05, 0.1) is 6.54 Å². The Morgan fingerprint density at radius 3 is 1.67 bits per heavy atom. The highest BCUT2D eigenvalue weighted by molar-refractivity contribution is 5.91. The standard InChI is InChI=1S/C31H34N4O8/c32-18-27(36)33-24(16-21-10-4-1-5-11-21)28(37)34-26(29(38)39)20-42-30(40)25(17-22-12-6-2-7-13-22)35-31(41)43-19-23-14-8-3-9-15-23/h1-15,24-26H,16-20,32H2,(H,33,36)(H,34,37)(H,35,41)(H,38,39)/t24-,25-,26-/m0/s1. The first-order valence-electron chi connectivity index (χ1n) is 13.5. The van der Waals surface area contributed by atoms with Crippen LogP contribution >= 0.6 is 0 Å². The van der Waals surface area contributed by atoms with E-state index in [0.29, 0.717) is 11.1 Å². The molecule has 6 N–H and O–H groups in total. The highest BCUT2D eigenvalue weighted by atomic mass is 16.6. The largest absolute Gasteiger partial charge is 0.480 e. The number of carbonyl (C=O) groups is 5. The normalized spacial score (nSPS) is 12.6. The molecule has 3 atom stereocenters. The minimum Gasteiger partial charge on any atom is -0.480 e. The third-order valence-electron chi connectivity index (χ3n) is 6.20. The van der Waals surface area contributed by atoms with Gasteiger partial charge in [-0.05, 0) is 16.7 Å². The fourth-order valence-electron chi connectivity index (χ4n) is 3.98. The van der Waals surface area contributed by atoms with Crippen molar-refractivity contribution in [1.29, 1.82) is 0 Å². The molecule has 0 aromatic heterocycles. The first-order chi connectivity index (χ1) is 20.7. The van der Waals surface area contributed by atoms with Gasteiger partial charge >= 0.3 is 18.0 Å². The number of nitrogens with two attached hydrogens (primary N) is 1. The summed E-state index contributed by atoms with van der Waals surface area (Å²) in [4.78, 5) is 62.5. The number of carbonyl (C=O) groups excluding carboxylic acids is 4. The molecule has 0 saturated heterocycles. The number of aliphatic carboxylic acids is 1. The molecule has 3 aromatic rings. The van der Waals surface area contributed by atoms with Crippen molar-refractivity contribution in [2.45, 2.75) is 37.6 Å². The summed E-state index contributed by atoms with van der Waals surface area (Å²) in [5.74, 6) is -3.82. The molecule has 12 nitrogen and oxygen atoms in total. The number of ether oxygens (including phenoxy) is 2. The van der Waals surface area contributed by atoms with Crippen LogP contribution in [0.15, 0.2) is 91.0 Å². The zero-order valence-electron chi connectivity index (χ0n) is 23.3. The maximum Gasteiger partial charge on any atom is 0.408 e. The summed E-state index contributed by atoms with van der Waals surface area (Å²) in [5.41, 5.74) is 7.54. The van der Waals surface area contributed by atoms with Gasteiger partial charge in [0.2, 0.25) is 11.8 Å². The number of esters is 1. The van der Waals surface area contributed by atoms with Crippen LogP contribution in [0.3, 0.4) is 0 Å². The molecule has 3 rings (SSSR count). The Labute approximate surface area is 248 Å². The molecule has 226 valence electrons. The lowest BCUT2D eigenvalue weighted by Crippen LogP contribution is -2.55. The smallest absolute Gasteiger partial charge is 0.408 e. The first-order valence-corrected chi connectivity index (χ1v) is 13.5. The molecule has 0 fully saturated rings. The summed E-state index contributed by atoms with van der Waals surface area (Å²) in [6, 6.07) is 22.6. The van der Waals surface area contributed by atoms with E-state index in [1.54, 1.807) is 84.9 Å². The number of benzene rings is 3. The molecule has 0 aliphatic carbocycles. The van der Waals surface area contributed by atoms with Gasteiger partial charge in [-0.25, -0.2) is 14.4 Å². The van der Waals surface area contributed by atoms with E-state index in [0.717, 1.165) is 5.56 Å². The molecule has 0 bridgehead atoms. The zero-order valence-corrected chi connectivity index (χ0v) is 23.3. The minimum atomic E-state index is -1.65. The van der Waals surface area contributed by atoms with Crippen LogP contribution in [-0.2, 0) is 48.1 Å². The van der Waals surface area contributed by atoms with Gasteiger partial charge in [-0.3, -0.25) is 9.59 Å². The molecule has 0 aliphatic heterocycles. The summed E-state index contributed by atoms with van der Waals surface area (Å²) in [7, 11) is 0. The summed E-state index contributed by atoms with van der Waals surface area (Å²) < 4.78 is 10.5. The number of rotatable bonds is 15. The van der Waals surface area contributed by atoms with Crippen molar-refractivity contribution in [2.24, 2.45) is 5.73 Å². The lowest BCUT2D eigenvalue weighted by atomic mass is 10.0. The first kappa shape index (κ1) is 32.3. The molecular weight excluding hydrogens is 556 g/mol. The number of hydrogen-bond acceptors (Lipinski definition) is 8. The van der Waals surface area contributed by atoms with Crippen LogP contribution in [0.5, 0.6) is 0 Å². The molecule has 3 aromatic carbocycles. The van der Waals surface area contributed by atoms with Gasteiger partial charge in [0.1, 0.15) is 25.3 Å². The van der Waals surface area contributed by atoms with Crippen molar-refractivity contribution in [3.8, 4) is 0 Å². The van der Waals surface area contributed by atoms with E-state index in [1.807, 2.05) is 6.07 Å². The van der Waals surface area contributed by atoms with Crippen molar-refractivity contribution in [3.05, 3.63) is 108 Å². The average Bonchev–Trinajstić information content (AvgIpc) is 3.02. The molecule has 0 spiro atoms. The van der Waals surface area contributed by atoms with Crippen molar-refractivity contribution >= 4 is 29.8 Å². The van der Waals surface area contributed by atoms with E-state index in [1.165, 1.54) is 0 Å². The van der Waals surface area contributed by atoms with Gasteiger partial charge in [-0.2, -0.15) is 0 Å². The van der Waals surface area contributed by atoms with Gasteiger partial charge in [-0.15, -0.1) is 0 Å². The van der Waals surface area contributed by atoms with Gasteiger partial charge in [0, 0.05) is 12.8 Å². The van der Waals surface area contributed by atoms with Crippen molar-refractivity contribution < 1.29 is 38.6 Å². The molecule has 0 heterocycles. The number of amides is 3. The van der Waals surface area contributed by atoms with Crippen molar-refractivity contribution in [3.63, 3.8) is 0 Å². The molecule has 12 heteroatoms. The molecule has 43 heavy (non-hydrogen) atoms. The summed E-state index contributed by atoms with van der Waals surface area (Å²) in [6.45, 7) is -1.14. The third kappa shape index (κ3) is 11.3. The molecule has 0 saturated carbocycles. The Balaban J connectivity index is 1.65. The van der Waals surface area contributed by atoms with Gasteiger partial charge in [0.15, 0.2) is 6.04 Å². The Kier molecular flexibility index (Phi) is 12.7. The molecule has 3 amide bonds.